The average Bonchev–Trinajstić information content (AvgIpc) is 3.27. The molecule has 0 aromatic heterocycles. The van der Waals surface area contributed by atoms with Crippen molar-refractivity contribution in [1.82, 2.24) is 10.6 Å². The second-order valence-corrected chi connectivity index (χ2v) is 8.36. The summed E-state index contributed by atoms with van der Waals surface area (Å²) in [6, 6.07) is 7.06. The van der Waals surface area contributed by atoms with E-state index in [2.05, 4.69) is 15.6 Å². The fourth-order valence-electron chi connectivity index (χ4n) is 4.42. The topological polar surface area (TPSA) is 54.9 Å². The Morgan fingerprint density at radius 3 is 2.63 bits per heavy atom. The van der Waals surface area contributed by atoms with Gasteiger partial charge in [-0.05, 0) is 43.4 Å². The highest BCUT2D eigenvalue weighted by atomic mass is 127. The first-order valence-electron chi connectivity index (χ1n) is 11.1. The van der Waals surface area contributed by atoms with Crippen LogP contribution in [0.3, 0.4) is 0 Å². The van der Waals surface area contributed by atoms with Gasteiger partial charge in [-0.3, -0.25) is 4.99 Å². The van der Waals surface area contributed by atoms with Crippen molar-refractivity contribution in [1.29, 1.82) is 0 Å². The summed E-state index contributed by atoms with van der Waals surface area (Å²) in [6.07, 6.45) is 8.02. The molecule has 1 unspecified atom stereocenters. The number of halogens is 2. The van der Waals surface area contributed by atoms with Crippen molar-refractivity contribution < 1.29 is 13.9 Å². The van der Waals surface area contributed by atoms with Crippen LogP contribution >= 0.6 is 24.0 Å². The molecule has 2 fully saturated rings. The van der Waals surface area contributed by atoms with E-state index in [9.17, 15) is 4.39 Å². The highest BCUT2D eigenvalue weighted by molar-refractivity contribution is 14.0. The van der Waals surface area contributed by atoms with Gasteiger partial charge in [0.1, 0.15) is 5.82 Å². The molecule has 0 amide bonds. The van der Waals surface area contributed by atoms with Crippen molar-refractivity contribution >= 4 is 29.9 Å². The summed E-state index contributed by atoms with van der Waals surface area (Å²) >= 11 is 0. The van der Waals surface area contributed by atoms with E-state index in [1.807, 2.05) is 12.1 Å². The second kappa shape index (κ2) is 13.5. The van der Waals surface area contributed by atoms with Crippen LogP contribution in [0.1, 0.15) is 50.5 Å². The molecule has 170 valence electrons. The van der Waals surface area contributed by atoms with E-state index in [4.69, 9.17) is 9.47 Å². The first kappa shape index (κ1) is 25.3. The van der Waals surface area contributed by atoms with E-state index >= 15 is 0 Å². The van der Waals surface area contributed by atoms with E-state index < -0.39 is 0 Å². The molecule has 1 saturated carbocycles. The minimum absolute atomic E-state index is 0. The maximum atomic E-state index is 13.4. The third-order valence-electron chi connectivity index (χ3n) is 6.22. The van der Waals surface area contributed by atoms with E-state index in [0.29, 0.717) is 5.92 Å². The SMILES string of the molecule is CN=C(NCCCOCC1CCOC1)NCC1(c2ccc(F)cc2)CCCCC1.I. The van der Waals surface area contributed by atoms with Crippen LogP contribution in [0, 0.1) is 11.7 Å². The number of guanidine groups is 1. The molecular formula is C23H37FIN3O2. The van der Waals surface area contributed by atoms with Gasteiger partial charge in [0.25, 0.3) is 0 Å². The number of hydrogen-bond acceptors (Lipinski definition) is 3. The molecule has 30 heavy (non-hydrogen) atoms. The molecule has 0 bridgehead atoms. The predicted molar refractivity (Wildman–Crippen MR) is 130 cm³/mol. The molecule has 0 spiro atoms. The monoisotopic (exact) mass is 533 g/mol. The van der Waals surface area contributed by atoms with Crippen LogP contribution in [0.4, 0.5) is 4.39 Å². The van der Waals surface area contributed by atoms with E-state index in [0.717, 1.165) is 71.2 Å². The van der Waals surface area contributed by atoms with Crippen LogP contribution in [0.5, 0.6) is 0 Å². The Morgan fingerprint density at radius 2 is 1.97 bits per heavy atom. The molecule has 1 aromatic rings. The number of rotatable bonds is 9. The van der Waals surface area contributed by atoms with Crippen molar-refractivity contribution in [2.24, 2.45) is 10.9 Å². The zero-order valence-electron chi connectivity index (χ0n) is 18.1. The molecule has 2 N–H and O–H groups in total. The molecule has 1 aliphatic heterocycles. The minimum atomic E-state index is -0.173. The van der Waals surface area contributed by atoms with E-state index in [1.54, 1.807) is 19.2 Å². The number of benzene rings is 1. The first-order valence-corrected chi connectivity index (χ1v) is 11.1. The summed E-state index contributed by atoms with van der Waals surface area (Å²) in [7, 11) is 1.80. The fraction of sp³-hybridized carbons (Fsp3) is 0.696. The Hall–Kier alpha value is -0.930. The van der Waals surface area contributed by atoms with Gasteiger partial charge in [0.15, 0.2) is 5.96 Å². The molecule has 1 saturated heterocycles. The number of aliphatic imine (C=N–C) groups is 1. The van der Waals surface area contributed by atoms with Gasteiger partial charge >= 0.3 is 0 Å². The van der Waals surface area contributed by atoms with Gasteiger partial charge in [-0.25, -0.2) is 4.39 Å². The van der Waals surface area contributed by atoms with Crippen LogP contribution in [-0.2, 0) is 14.9 Å². The molecular weight excluding hydrogens is 496 g/mol. The standard InChI is InChI=1S/C23H36FN3O2.HI/c1-25-22(26-13-5-14-28-16-19-10-15-29-17-19)27-18-23(11-3-2-4-12-23)20-6-8-21(24)9-7-20;/h6-9,19H,2-5,10-18H2,1H3,(H2,25,26,27);1H. The lowest BCUT2D eigenvalue weighted by Gasteiger charge is -2.38. The minimum Gasteiger partial charge on any atom is -0.381 e. The molecule has 7 heteroatoms. The third-order valence-corrected chi connectivity index (χ3v) is 6.22. The normalized spacial score (nSPS) is 21.1. The Balaban J connectivity index is 0.00000320. The quantitative estimate of drug-likeness (QED) is 0.216. The van der Waals surface area contributed by atoms with Crippen LogP contribution < -0.4 is 10.6 Å². The summed E-state index contributed by atoms with van der Waals surface area (Å²) in [6.45, 7) is 4.90. The molecule has 1 atom stereocenters. The Labute approximate surface area is 197 Å². The zero-order valence-corrected chi connectivity index (χ0v) is 20.5. The van der Waals surface area contributed by atoms with Crippen LogP contribution in [0.2, 0.25) is 0 Å². The van der Waals surface area contributed by atoms with Gasteiger partial charge in [-0.15, -0.1) is 24.0 Å². The maximum Gasteiger partial charge on any atom is 0.191 e. The van der Waals surface area contributed by atoms with Gasteiger partial charge in [0, 0.05) is 44.7 Å². The second-order valence-electron chi connectivity index (χ2n) is 8.36. The number of nitrogens with zero attached hydrogens (tertiary/aromatic N) is 1. The van der Waals surface area contributed by atoms with Gasteiger partial charge < -0.3 is 20.1 Å². The Kier molecular flexibility index (Phi) is 11.4. The fourth-order valence-corrected chi connectivity index (χ4v) is 4.42. The van der Waals surface area contributed by atoms with Crippen molar-refractivity contribution in [3.05, 3.63) is 35.6 Å². The van der Waals surface area contributed by atoms with E-state index in [-0.39, 0.29) is 35.2 Å². The molecule has 3 rings (SSSR count). The van der Waals surface area contributed by atoms with Crippen LogP contribution in [-0.4, -0.2) is 52.5 Å². The first-order chi connectivity index (χ1) is 14.2. The zero-order chi connectivity index (χ0) is 20.4. The van der Waals surface area contributed by atoms with Crippen molar-refractivity contribution in [3.63, 3.8) is 0 Å². The third kappa shape index (κ3) is 7.64. The molecule has 1 aromatic carbocycles. The summed E-state index contributed by atoms with van der Waals surface area (Å²) in [4.78, 5) is 4.37. The van der Waals surface area contributed by atoms with Crippen LogP contribution in [0.15, 0.2) is 29.3 Å². The van der Waals surface area contributed by atoms with Crippen molar-refractivity contribution in [3.8, 4) is 0 Å². The van der Waals surface area contributed by atoms with Crippen LogP contribution in [0.25, 0.3) is 0 Å². The van der Waals surface area contributed by atoms with Crippen molar-refractivity contribution in [2.45, 2.75) is 50.4 Å². The molecule has 2 aliphatic rings. The molecule has 1 heterocycles. The smallest absolute Gasteiger partial charge is 0.191 e. The molecule has 0 radical (unpaired) electrons. The van der Waals surface area contributed by atoms with Crippen molar-refractivity contribution in [2.75, 3.05) is 46.6 Å². The van der Waals surface area contributed by atoms with Gasteiger partial charge in [0.05, 0.1) is 13.2 Å². The van der Waals surface area contributed by atoms with E-state index in [1.165, 1.54) is 24.8 Å². The van der Waals surface area contributed by atoms with Gasteiger partial charge in [-0.2, -0.15) is 0 Å². The summed E-state index contributed by atoms with van der Waals surface area (Å²) in [5.41, 5.74) is 1.28. The van der Waals surface area contributed by atoms with Gasteiger partial charge in [0.2, 0.25) is 0 Å². The maximum absolute atomic E-state index is 13.4. The summed E-state index contributed by atoms with van der Waals surface area (Å²) < 4.78 is 24.5. The Morgan fingerprint density at radius 1 is 1.20 bits per heavy atom. The number of nitrogens with one attached hydrogen (secondary N) is 2. The molecule has 1 aliphatic carbocycles. The average molecular weight is 533 g/mol. The highest BCUT2D eigenvalue weighted by Gasteiger charge is 2.34. The highest BCUT2D eigenvalue weighted by Crippen LogP contribution is 2.39. The Bertz CT molecular complexity index is 630. The lowest BCUT2D eigenvalue weighted by Crippen LogP contribution is -2.46. The number of hydrogen-bond donors (Lipinski definition) is 2. The predicted octanol–water partition coefficient (Wildman–Crippen LogP) is 4.25. The summed E-state index contributed by atoms with van der Waals surface area (Å²) in [5.74, 6) is 1.21. The molecule has 5 nitrogen and oxygen atoms in total. The lowest BCUT2D eigenvalue weighted by molar-refractivity contribution is 0.0888. The largest absolute Gasteiger partial charge is 0.381 e. The van der Waals surface area contributed by atoms with Gasteiger partial charge in [-0.1, -0.05) is 31.4 Å². The number of ether oxygens (including phenoxy) is 2. The lowest BCUT2D eigenvalue weighted by atomic mass is 9.69. The summed E-state index contributed by atoms with van der Waals surface area (Å²) in [5, 5.41) is 6.91.